The lowest BCUT2D eigenvalue weighted by Crippen LogP contribution is -1.84. The molecule has 0 N–H and O–H groups in total. The van der Waals surface area contributed by atoms with Crippen molar-refractivity contribution in [3.8, 4) is 0 Å². The normalized spacial score (nSPS) is 10.0. The van der Waals surface area contributed by atoms with Crippen LogP contribution in [0.15, 0.2) is 30.8 Å². The van der Waals surface area contributed by atoms with E-state index in [2.05, 4.69) is 44.7 Å². The molecule has 0 heterocycles. The molecule has 0 aliphatic heterocycles. The van der Waals surface area contributed by atoms with E-state index in [4.69, 9.17) is 0 Å². The molecular formula is C13H18. The highest BCUT2D eigenvalue weighted by atomic mass is 14.0. The molecule has 0 saturated heterocycles. The van der Waals surface area contributed by atoms with Crippen LogP contribution >= 0.6 is 0 Å². The highest BCUT2D eigenvalue weighted by Crippen LogP contribution is 2.19. The van der Waals surface area contributed by atoms with E-state index in [-0.39, 0.29) is 0 Å². The molecule has 0 aliphatic carbocycles. The molecular weight excluding hydrogens is 156 g/mol. The largest absolute Gasteiger partial charge is 0.0952 e. The second-order valence-electron chi connectivity index (χ2n) is 3.58. The standard InChI is InChI=1S/C13H18/c1-4-5-8-12(3)13-9-6-7-11(2)10-13/h6-7,9-10H,3-5,8H2,1-2H3. The van der Waals surface area contributed by atoms with Gasteiger partial charge in [-0.2, -0.15) is 0 Å². The van der Waals surface area contributed by atoms with Crippen molar-refractivity contribution >= 4 is 5.57 Å². The first-order valence-corrected chi connectivity index (χ1v) is 4.99. The van der Waals surface area contributed by atoms with Crippen LogP contribution in [0.3, 0.4) is 0 Å². The maximum Gasteiger partial charge on any atom is -0.0228 e. The molecule has 0 bridgehead atoms. The van der Waals surface area contributed by atoms with E-state index in [1.807, 2.05) is 0 Å². The molecule has 1 aromatic rings. The summed E-state index contributed by atoms with van der Waals surface area (Å²) < 4.78 is 0. The summed E-state index contributed by atoms with van der Waals surface area (Å²) in [6.07, 6.45) is 3.61. The fourth-order valence-electron chi connectivity index (χ4n) is 1.40. The lowest BCUT2D eigenvalue weighted by Gasteiger charge is -2.05. The summed E-state index contributed by atoms with van der Waals surface area (Å²) in [6.45, 7) is 8.44. The lowest BCUT2D eigenvalue weighted by molar-refractivity contribution is 0.825. The summed E-state index contributed by atoms with van der Waals surface area (Å²) in [7, 11) is 0. The van der Waals surface area contributed by atoms with Crippen molar-refractivity contribution in [1.82, 2.24) is 0 Å². The van der Waals surface area contributed by atoms with Gasteiger partial charge in [-0.1, -0.05) is 49.8 Å². The first-order chi connectivity index (χ1) is 6.24. The van der Waals surface area contributed by atoms with E-state index in [0.29, 0.717) is 0 Å². The first kappa shape index (κ1) is 10.0. The van der Waals surface area contributed by atoms with Crippen LogP contribution in [-0.2, 0) is 0 Å². The third kappa shape index (κ3) is 3.06. The Morgan fingerprint density at radius 2 is 2.15 bits per heavy atom. The lowest BCUT2D eigenvalue weighted by atomic mass is 10.0. The number of hydrogen-bond acceptors (Lipinski definition) is 0. The summed E-state index contributed by atoms with van der Waals surface area (Å²) in [5.74, 6) is 0. The van der Waals surface area contributed by atoms with Gasteiger partial charge in [-0.3, -0.25) is 0 Å². The summed E-state index contributed by atoms with van der Waals surface area (Å²) in [5, 5.41) is 0. The minimum atomic E-state index is 1.12. The molecule has 0 nitrogen and oxygen atoms in total. The molecule has 0 aliphatic rings. The number of unbranched alkanes of at least 4 members (excludes halogenated alkanes) is 1. The molecule has 0 heteroatoms. The minimum Gasteiger partial charge on any atom is -0.0952 e. The van der Waals surface area contributed by atoms with Gasteiger partial charge >= 0.3 is 0 Å². The van der Waals surface area contributed by atoms with Crippen LogP contribution in [0.2, 0.25) is 0 Å². The summed E-state index contributed by atoms with van der Waals surface area (Å²) in [6, 6.07) is 8.57. The molecule has 1 aromatic carbocycles. The number of benzene rings is 1. The Hall–Kier alpha value is -1.04. The van der Waals surface area contributed by atoms with Crippen molar-refractivity contribution in [2.45, 2.75) is 33.1 Å². The Kier molecular flexibility index (Phi) is 3.75. The van der Waals surface area contributed by atoms with Crippen LogP contribution in [0, 0.1) is 6.92 Å². The quantitative estimate of drug-likeness (QED) is 0.641. The van der Waals surface area contributed by atoms with Crippen LogP contribution in [0.25, 0.3) is 5.57 Å². The van der Waals surface area contributed by atoms with E-state index in [0.717, 1.165) is 6.42 Å². The van der Waals surface area contributed by atoms with E-state index in [1.165, 1.54) is 29.5 Å². The van der Waals surface area contributed by atoms with Gasteiger partial charge in [0, 0.05) is 0 Å². The Morgan fingerprint density at radius 1 is 1.38 bits per heavy atom. The third-order valence-electron chi connectivity index (χ3n) is 2.26. The fraction of sp³-hybridized carbons (Fsp3) is 0.385. The predicted molar refractivity (Wildman–Crippen MR) is 59.7 cm³/mol. The minimum absolute atomic E-state index is 1.12. The topological polar surface area (TPSA) is 0 Å². The molecule has 0 saturated carbocycles. The number of hydrogen-bond donors (Lipinski definition) is 0. The van der Waals surface area contributed by atoms with E-state index < -0.39 is 0 Å². The van der Waals surface area contributed by atoms with E-state index in [9.17, 15) is 0 Å². The van der Waals surface area contributed by atoms with Gasteiger partial charge in [0.2, 0.25) is 0 Å². The number of allylic oxidation sites excluding steroid dienone is 1. The van der Waals surface area contributed by atoms with E-state index >= 15 is 0 Å². The van der Waals surface area contributed by atoms with Crippen molar-refractivity contribution in [2.24, 2.45) is 0 Å². The maximum absolute atomic E-state index is 4.10. The predicted octanol–water partition coefficient (Wildman–Crippen LogP) is 4.20. The zero-order valence-electron chi connectivity index (χ0n) is 8.64. The molecule has 0 aromatic heterocycles. The van der Waals surface area contributed by atoms with Crippen LogP contribution in [0.5, 0.6) is 0 Å². The zero-order valence-corrected chi connectivity index (χ0v) is 8.64. The molecule has 0 fully saturated rings. The molecule has 0 radical (unpaired) electrons. The van der Waals surface area contributed by atoms with Gasteiger partial charge in [0.05, 0.1) is 0 Å². The molecule has 0 spiro atoms. The van der Waals surface area contributed by atoms with Gasteiger partial charge < -0.3 is 0 Å². The van der Waals surface area contributed by atoms with Crippen molar-refractivity contribution in [3.63, 3.8) is 0 Å². The van der Waals surface area contributed by atoms with Crippen LogP contribution in [-0.4, -0.2) is 0 Å². The van der Waals surface area contributed by atoms with Gasteiger partial charge in [-0.05, 0) is 30.9 Å². The zero-order chi connectivity index (χ0) is 9.68. The molecule has 0 atom stereocenters. The third-order valence-corrected chi connectivity index (χ3v) is 2.26. The van der Waals surface area contributed by atoms with Crippen molar-refractivity contribution in [2.75, 3.05) is 0 Å². The number of rotatable bonds is 4. The van der Waals surface area contributed by atoms with Crippen LogP contribution in [0.4, 0.5) is 0 Å². The highest BCUT2D eigenvalue weighted by Gasteiger charge is 1.97. The molecule has 0 amide bonds. The van der Waals surface area contributed by atoms with Crippen molar-refractivity contribution < 1.29 is 0 Å². The molecule has 70 valence electrons. The maximum atomic E-state index is 4.10. The van der Waals surface area contributed by atoms with Crippen molar-refractivity contribution in [3.05, 3.63) is 42.0 Å². The van der Waals surface area contributed by atoms with Crippen LogP contribution < -0.4 is 0 Å². The smallest absolute Gasteiger partial charge is 0.0228 e. The van der Waals surface area contributed by atoms with Gasteiger partial charge in [0.1, 0.15) is 0 Å². The van der Waals surface area contributed by atoms with Gasteiger partial charge in [-0.25, -0.2) is 0 Å². The van der Waals surface area contributed by atoms with Crippen molar-refractivity contribution in [1.29, 1.82) is 0 Å². The van der Waals surface area contributed by atoms with E-state index in [1.54, 1.807) is 0 Å². The molecule has 13 heavy (non-hydrogen) atoms. The summed E-state index contributed by atoms with van der Waals surface area (Å²) in [5.41, 5.74) is 3.88. The Labute approximate surface area is 81.3 Å². The van der Waals surface area contributed by atoms with Gasteiger partial charge in [-0.15, -0.1) is 0 Å². The Morgan fingerprint density at radius 3 is 2.77 bits per heavy atom. The second-order valence-corrected chi connectivity index (χ2v) is 3.58. The summed E-state index contributed by atoms with van der Waals surface area (Å²) >= 11 is 0. The second kappa shape index (κ2) is 4.86. The Bertz CT molecular complexity index is 284. The number of aryl methyl sites for hydroxylation is 1. The van der Waals surface area contributed by atoms with Crippen LogP contribution in [0.1, 0.15) is 37.3 Å². The average molecular weight is 174 g/mol. The fourth-order valence-corrected chi connectivity index (χ4v) is 1.40. The van der Waals surface area contributed by atoms with Gasteiger partial charge in [0.25, 0.3) is 0 Å². The monoisotopic (exact) mass is 174 g/mol. The Balaban J connectivity index is 2.66. The molecule has 0 unspecified atom stereocenters. The SMILES string of the molecule is C=C(CCCC)c1cccc(C)c1. The molecule has 1 rings (SSSR count). The highest BCUT2D eigenvalue weighted by molar-refractivity contribution is 5.63. The average Bonchev–Trinajstić information content (AvgIpc) is 2.14. The first-order valence-electron chi connectivity index (χ1n) is 4.99. The van der Waals surface area contributed by atoms with Gasteiger partial charge in [0.15, 0.2) is 0 Å². The summed E-state index contributed by atoms with van der Waals surface area (Å²) in [4.78, 5) is 0.